The number of carbonyl (C=O) groups excluding carboxylic acids is 1. The monoisotopic (exact) mass is 404 g/mol. The Hall–Kier alpha value is -1.56. The highest BCUT2D eigenvalue weighted by Gasteiger charge is 2.39. The summed E-state index contributed by atoms with van der Waals surface area (Å²) in [4.78, 5) is 17.7. The molecule has 1 saturated carbocycles. The SMILES string of the molecule is Cc1ccc2c(c1)CCCN2CC(=O)N(C1CCCCC1)C1CCS(=O)(=O)C1. The van der Waals surface area contributed by atoms with Gasteiger partial charge in [-0.05, 0) is 50.7 Å². The van der Waals surface area contributed by atoms with E-state index in [0.29, 0.717) is 13.0 Å². The van der Waals surface area contributed by atoms with Crippen LogP contribution in [-0.2, 0) is 21.1 Å². The van der Waals surface area contributed by atoms with Gasteiger partial charge in [-0.25, -0.2) is 8.42 Å². The van der Waals surface area contributed by atoms with Gasteiger partial charge in [0, 0.05) is 24.3 Å². The van der Waals surface area contributed by atoms with Crippen molar-refractivity contribution in [1.29, 1.82) is 0 Å². The van der Waals surface area contributed by atoms with E-state index in [1.165, 1.54) is 23.2 Å². The second-order valence-corrected chi connectivity index (χ2v) is 11.0. The van der Waals surface area contributed by atoms with Gasteiger partial charge in [-0.15, -0.1) is 0 Å². The van der Waals surface area contributed by atoms with Crippen LogP contribution >= 0.6 is 0 Å². The summed E-state index contributed by atoms with van der Waals surface area (Å²) in [6, 6.07) is 6.56. The van der Waals surface area contributed by atoms with Gasteiger partial charge >= 0.3 is 0 Å². The van der Waals surface area contributed by atoms with Crippen molar-refractivity contribution < 1.29 is 13.2 Å². The molecule has 1 aliphatic carbocycles. The average molecular weight is 405 g/mol. The largest absolute Gasteiger partial charge is 0.362 e. The third-order valence-electron chi connectivity index (χ3n) is 6.63. The highest BCUT2D eigenvalue weighted by atomic mass is 32.2. The molecule has 1 amide bonds. The van der Waals surface area contributed by atoms with E-state index in [-0.39, 0.29) is 29.5 Å². The van der Waals surface area contributed by atoms with Crippen molar-refractivity contribution >= 4 is 21.4 Å². The molecule has 1 saturated heterocycles. The number of fused-ring (bicyclic) bond motifs is 1. The summed E-state index contributed by atoms with van der Waals surface area (Å²) in [6.07, 6.45) is 8.25. The standard InChI is InChI=1S/C22H32N2O3S/c1-17-9-10-21-18(14-17)6-5-12-23(21)15-22(25)24(19-7-3-2-4-8-19)20-11-13-28(26,27)16-20/h9-10,14,19-20H,2-8,11-13,15-16H2,1H3. The van der Waals surface area contributed by atoms with Crippen molar-refractivity contribution in [3.8, 4) is 0 Å². The summed E-state index contributed by atoms with van der Waals surface area (Å²) >= 11 is 0. The number of carbonyl (C=O) groups is 1. The lowest BCUT2D eigenvalue weighted by molar-refractivity contribution is -0.135. The molecule has 1 aromatic rings. The van der Waals surface area contributed by atoms with Crippen LogP contribution in [0.15, 0.2) is 18.2 Å². The number of aryl methyl sites for hydroxylation is 2. The van der Waals surface area contributed by atoms with Gasteiger partial charge < -0.3 is 9.80 Å². The fraction of sp³-hybridized carbons (Fsp3) is 0.682. The number of benzene rings is 1. The van der Waals surface area contributed by atoms with E-state index in [1.54, 1.807) is 0 Å². The third-order valence-corrected chi connectivity index (χ3v) is 8.38. The molecule has 6 heteroatoms. The highest BCUT2D eigenvalue weighted by molar-refractivity contribution is 7.91. The quantitative estimate of drug-likeness (QED) is 0.774. The van der Waals surface area contributed by atoms with Crippen molar-refractivity contribution in [2.24, 2.45) is 0 Å². The zero-order valence-corrected chi connectivity index (χ0v) is 17.7. The molecule has 5 nitrogen and oxygen atoms in total. The first-order valence-corrected chi connectivity index (χ1v) is 12.6. The van der Waals surface area contributed by atoms with Gasteiger partial charge in [0.25, 0.3) is 0 Å². The predicted molar refractivity (Wildman–Crippen MR) is 112 cm³/mol. The minimum atomic E-state index is -3.01. The van der Waals surface area contributed by atoms with Gasteiger partial charge in [0.1, 0.15) is 0 Å². The maximum atomic E-state index is 13.5. The van der Waals surface area contributed by atoms with Crippen LogP contribution < -0.4 is 4.90 Å². The van der Waals surface area contributed by atoms with E-state index in [4.69, 9.17) is 0 Å². The fourth-order valence-electron chi connectivity index (χ4n) is 5.27. The minimum Gasteiger partial charge on any atom is -0.362 e. The molecule has 1 atom stereocenters. The molecule has 2 aliphatic heterocycles. The molecule has 28 heavy (non-hydrogen) atoms. The Balaban J connectivity index is 1.55. The molecular weight excluding hydrogens is 372 g/mol. The predicted octanol–water partition coefficient (Wildman–Crippen LogP) is 3.10. The number of sulfone groups is 1. The van der Waals surface area contributed by atoms with Gasteiger partial charge in [-0.3, -0.25) is 4.79 Å². The Morgan fingerprint density at radius 3 is 2.61 bits per heavy atom. The topological polar surface area (TPSA) is 57.7 Å². The van der Waals surface area contributed by atoms with Crippen LogP contribution in [-0.4, -0.2) is 55.9 Å². The number of rotatable bonds is 4. The molecule has 0 N–H and O–H groups in total. The van der Waals surface area contributed by atoms with Gasteiger partial charge in [-0.1, -0.05) is 37.0 Å². The summed E-state index contributed by atoms with van der Waals surface area (Å²) in [7, 11) is -3.01. The number of anilines is 1. The molecule has 2 heterocycles. The minimum absolute atomic E-state index is 0.113. The van der Waals surface area contributed by atoms with Crippen LogP contribution in [0, 0.1) is 6.92 Å². The fourth-order valence-corrected chi connectivity index (χ4v) is 6.98. The molecular formula is C22H32N2O3S. The Labute approximate surface area is 169 Å². The molecule has 3 aliphatic rings. The summed E-state index contributed by atoms with van der Waals surface area (Å²) < 4.78 is 24.2. The second kappa shape index (κ2) is 8.05. The van der Waals surface area contributed by atoms with Crippen LogP contribution in [0.1, 0.15) is 56.1 Å². The maximum absolute atomic E-state index is 13.5. The first-order valence-electron chi connectivity index (χ1n) is 10.8. The van der Waals surface area contributed by atoms with E-state index < -0.39 is 9.84 Å². The van der Waals surface area contributed by atoms with Crippen LogP contribution in [0.2, 0.25) is 0 Å². The number of amides is 1. The zero-order chi connectivity index (χ0) is 19.7. The zero-order valence-electron chi connectivity index (χ0n) is 16.9. The van der Waals surface area contributed by atoms with E-state index >= 15 is 0 Å². The molecule has 0 radical (unpaired) electrons. The molecule has 2 fully saturated rings. The van der Waals surface area contributed by atoms with Crippen molar-refractivity contribution in [3.05, 3.63) is 29.3 Å². The van der Waals surface area contributed by atoms with E-state index in [1.807, 2.05) is 4.90 Å². The van der Waals surface area contributed by atoms with Crippen LogP contribution in [0.5, 0.6) is 0 Å². The average Bonchev–Trinajstić information content (AvgIpc) is 3.02. The number of hydrogen-bond donors (Lipinski definition) is 0. The van der Waals surface area contributed by atoms with E-state index in [2.05, 4.69) is 30.0 Å². The van der Waals surface area contributed by atoms with Gasteiger partial charge in [0.15, 0.2) is 9.84 Å². The number of nitrogens with zero attached hydrogens (tertiary/aromatic N) is 2. The van der Waals surface area contributed by atoms with Crippen LogP contribution in [0.25, 0.3) is 0 Å². The van der Waals surface area contributed by atoms with E-state index in [9.17, 15) is 13.2 Å². The first-order chi connectivity index (χ1) is 13.4. The molecule has 1 unspecified atom stereocenters. The van der Waals surface area contributed by atoms with Crippen molar-refractivity contribution in [2.45, 2.75) is 70.4 Å². The van der Waals surface area contributed by atoms with Crippen molar-refractivity contribution in [1.82, 2.24) is 4.90 Å². The lowest BCUT2D eigenvalue weighted by atomic mass is 9.92. The smallest absolute Gasteiger partial charge is 0.242 e. The molecule has 0 bridgehead atoms. The van der Waals surface area contributed by atoms with Gasteiger partial charge in [0.2, 0.25) is 5.91 Å². The van der Waals surface area contributed by atoms with E-state index in [0.717, 1.165) is 45.1 Å². The molecule has 0 aromatic heterocycles. The summed E-state index contributed by atoms with van der Waals surface area (Å²) in [5, 5.41) is 0. The lowest BCUT2D eigenvalue weighted by Gasteiger charge is -2.40. The Morgan fingerprint density at radius 2 is 1.89 bits per heavy atom. The van der Waals surface area contributed by atoms with Crippen molar-refractivity contribution in [3.63, 3.8) is 0 Å². The van der Waals surface area contributed by atoms with Crippen LogP contribution in [0.3, 0.4) is 0 Å². The molecule has 1 aromatic carbocycles. The molecule has 0 spiro atoms. The summed E-state index contributed by atoms with van der Waals surface area (Å²) in [5.41, 5.74) is 3.76. The van der Waals surface area contributed by atoms with Gasteiger partial charge in [0.05, 0.1) is 18.1 Å². The lowest BCUT2D eigenvalue weighted by Crippen LogP contribution is -2.52. The normalized spacial score (nSPS) is 24.8. The molecule has 4 rings (SSSR count). The first kappa shape index (κ1) is 19.7. The summed E-state index contributed by atoms with van der Waals surface area (Å²) in [5.74, 6) is 0.479. The highest BCUT2D eigenvalue weighted by Crippen LogP contribution is 2.31. The van der Waals surface area contributed by atoms with Crippen molar-refractivity contribution in [2.75, 3.05) is 29.5 Å². The number of hydrogen-bond acceptors (Lipinski definition) is 4. The third kappa shape index (κ3) is 4.22. The van der Waals surface area contributed by atoms with Gasteiger partial charge in [-0.2, -0.15) is 0 Å². The summed E-state index contributed by atoms with van der Waals surface area (Å²) in [6.45, 7) is 3.36. The van der Waals surface area contributed by atoms with Crippen LogP contribution in [0.4, 0.5) is 5.69 Å². The maximum Gasteiger partial charge on any atom is 0.242 e. The Bertz CT molecular complexity index is 830. The Kier molecular flexibility index (Phi) is 5.68. The second-order valence-electron chi connectivity index (χ2n) is 8.81. The molecule has 154 valence electrons. The Morgan fingerprint density at radius 1 is 1.11 bits per heavy atom.